The van der Waals surface area contributed by atoms with Crippen LogP contribution in [0.5, 0.6) is 0 Å². The van der Waals surface area contributed by atoms with Crippen molar-refractivity contribution in [2.24, 2.45) is 5.92 Å². The van der Waals surface area contributed by atoms with Gasteiger partial charge in [-0.3, -0.25) is 14.5 Å². The van der Waals surface area contributed by atoms with Crippen molar-refractivity contribution in [3.63, 3.8) is 0 Å². The summed E-state index contributed by atoms with van der Waals surface area (Å²) in [6, 6.07) is 6.05. The molecule has 3 rings (SSSR count). The zero-order valence-electron chi connectivity index (χ0n) is 15.5. The number of rotatable bonds is 5. The van der Waals surface area contributed by atoms with Crippen LogP contribution < -0.4 is 0 Å². The number of hydrogen-bond acceptors (Lipinski definition) is 3. The minimum absolute atomic E-state index is 0.142. The van der Waals surface area contributed by atoms with E-state index in [0.717, 1.165) is 68.0 Å². The first-order valence-electron chi connectivity index (χ1n) is 9.33. The van der Waals surface area contributed by atoms with Crippen molar-refractivity contribution in [1.29, 1.82) is 0 Å². The fourth-order valence-corrected chi connectivity index (χ4v) is 3.82. The maximum Gasteiger partial charge on any atom is 0.257 e. The third-order valence-electron chi connectivity index (χ3n) is 5.06. The van der Waals surface area contributed by atoms with Crippen LogP contribution in [0.2, 0.25) is 0 Å². The van der Waals surface area contributed by atoms with Gasteiger partial charge < -0.3 is 4.90 Å². The van der Waals surface area contributed by atoms with Crippen LogP contribution in [0.3, 0.4) is 0 Å². The Morgan fingerprint density at radius 1 is 1.32 bits per heavy atom. The van der Waals surface area contributed by atoms with Crippen LogP contribution in [-0.4, -0.2) is 38.7 Å². The SMILES string of the molecule is CCCn1nc(C)c(C(=O)N2CCC[C@@H](Cc3ccccn3)C2)c1C. The molecule has 1 amide bonds. The molecule has 5 nitrogen and oxygen atoms in total. The second-order valence-corrected chi connectivity index (χ2v) is 7.05. The molecule has 5 heteroatoms. The largest absolute Gasteiger partial charge is 0.338 e. The second kappa shape index (κ2) is 7.81. The number of aromatic nitrogens is 3. The summed E-state index contributed by atoms with van der Waals surface area (Å²) in [7, 11) is 0. The van der Waals surface area contributed by atoms with Gasteiger partial charge >= 0.3 is 0 Å². The highest BCUT2D eigenvalue weighted by Gasteiger charge is 2.28. The number of amides is 1. The third-order valence-corrected chi connectivity index (χ3v) is 5.06. The molecule has 0 radical (unpaired) electrons. The highest BCUT2D eigenvalue weighted by atomic mass is 16.2. The Kier molecular flexibility index (Phi) is 5.51. The molecule has 1 aliphatic rings. The van der Waals surface area contributed by atoms with E-state index in [1.165, 1.54) is 0 Å². The van der Waals surface area contributed by atoms with Crippen LogP contribution >= 0.6 is 0 Å². The minimum atomic E-state index is 0.142. The van der Waals surface area contributed by atoms with E-state index in [1.54, 1.807) is 0 Å². The van der Waals surface area contributed by atoms with Gasteiger partial charge in [0.2, 0.25) is 0 Å². The number of hydrogen-bond donors (Lipinski definition) is 0. The lowest BCUT2D eigenvalue weighted by Gasteiger charge is -2.33. The Hall–Kier alpha value is -2.17. The zero-order chi connectivity index (χ0) is 17.8. The molecule has 0 aliphatic carbocycles. The smallest absolute Gasteiger partial charge is 0.257 e. The van der Waals surface area contributed by atoms with Crippen molar-refractivity contribution in [3.8, 4) is 0 Å². The lowest BCUT2D eigenvalue weighted by molar-refractivity contribution is 0.0671. The first kappa shape index (κ1) is 17.6. The van der Waals surface area contributed by atoms with E-state index < -0.39 is 0 Å². The van der Waals surface area contributed by atoms with Gasteiger partial charge in [0.15, 0.2) is 0 Å². The molecular formula is C20H28N4O. The highest BCUT2D eigenvalue weighted by molar-refractivity contribution is 5.96. The standard InChI is InChI=1S/C20H28N4O/c1-4-11-24-16(3)19(15(2)22-24)20(25)23-12-7-8-17(14-23)13-18-9-5-6-10-21-18/h5-6,9-10,17H,4,7-8,11-14H2,1-3H3/t17-/m0/s1. The maximum atomic E-state index is 13.1. The average Bonchev–Trinajstić information content (AvgIpc) is 2.89. The molecule has 2 aromatic heterocycles. The summed E-state index contributed by atoms with van der Waals surface area (Å²) in [6.07, 6.45) is 6.02. The van der Waals surface area contributed by atoms with E-state index in [9.17, 15) is 4.79 Å². The average molecular weight is 340 g/mol. The van der Waals surface area contributed by atoms with Crippen molar-refractivity contribution < 1.29 is 4.79 Å². The molecule has 1 fully saturated rings. The number of piperidine rings is 1. The van der Waals surface area contributed by atoms with Gasteiger partial charge in [-0.2, -0.15) is 5.10 Å². The molecule has 3 heterocycles. The Morgan fingerprint density at radius 2 is 2.16 bits per heavy atom. The van der Waals surface area contributed by atoms with Gasteiger partial charge in [-0.15, -0.1) is 0 Å². The molecule has 1 atom stereocenters. The second-order valence-electron chi connectivity index (χ2n) is 7.05. The topological polar surface area (TPSA) is 51.0 Å². The summed E-state index contributed by atoms with van der Waals surface area (Å²) in [6.45, 7) is 8.61. The predicted octanol–water partition coefficient (Wildman–Crippen LogP) is 3.40. The van der Waals surface area contributed by atoms with E-state index >= 15 is 0 Å². The molecule has 1 saturated heterocycles. The molecule has 0 aromatic carbocycles. The normalized spacial score (nSPS) is 17.7. The maximum absolute atomic E-state index is 13.1. The number of carbonyl (C=O) groups excluding carboxylic acids is 1. The molecule has 0 saturated carbocycles. The zero-order valence-corrected chi connectivity index (χ0v) is 15.5. The quantitative estimate of drug-likeness (QED) is 0.838. The molecule has 0 bridgehead atoms. The van der Waals surface area contributed by atoms with E-state index in [2.05, 4.69) is 23.1 Å². The van der Waals surface area contributed by atoms with Gasteiger partial charge in [0.25, 0.3) is 5.91 Å². The van der Waals surface area contributed by atoms with Crippen LogP contribution in [0.15, 0.2) is 24.4 Å². The molecule has 0 unspecified atom stereocenters. The molecular weight excluding hydrogens is 312 g/mol. The third kappa shape index (κ3) is 3.91. The van der Waals surface area contributed by atoms with Gasteiger partial charge in [-0.05, 0) is 57.6 Å². The van der Waals surface area contributed by atoms with Gasteiger partial charge in [-0.1, -0.05) is 13.0 Å². The Labute approximate surface area is 150 Å². The lowest BCUT2D eigenvalue weighted by Crippen LogP contribution is -2.41. The van der Waals surface area contributed by atoms with Crippen LogP contribution in [0.25, 0.3) is 0 Å². The number of nitrogens with zero attached hydrogens (tertiary/aromatic N) is 4. The number of aryl methyl sites for hydroxylation is 2. The van der Waals surface area contributed by atoms with Gasteiger partial charge in [0, 0.05) is 37.2 Å². The predicted molar refractivity (Wildman–Crippen MR) is 98.6 cm³/mol. The fraction of sp³-hybridized carbons (Fsp3) is 0.550. The summed E-state index contributed by atoms with van der Waals surface area (Å²) in [5.41, 5.74) is 3.76. The lowest BCUT2D eigenvalue weighted by atomic mass is 9.92. The number of carbonyl (C=O) groups is 1. The molecule has 1 aliphatic heterocycles. The van der Waals surface area contributed by atoms with E-state index in [-0.39, 0.29) is 5.91 Å². The van der Waals surface area contributed by atoms with Crippen LogP contribution in [0.1, 0.15) is 53.6 Å². The molecule has 0 spiro atoms. The van der Waals surface area contributed by atoms with Gasteiger partial charge in [-0.25, -0.2) is 0 Å². The summed E-state index contributed by atoms with van der Waals surface area (Å²) in [4.78, 5) is 19.6. The number of likely N-dealkylation sites (tertiary alicyclic amines) is 1. The monoisotopic (exact) mass is 340 g/mol. The minimum Gasteiger partial charge on any atom is -0.338 e. The Morgan fingerprint density at radius 3 is 2.88 bits per heavy atom. The van der Waals surface area contributed by atoms with E-state index in [0.29, 0.717) is 5.92 Å². The van der Waals surface area contributed by atoms with Crippen LogP contribution in [0, 0.1) is 19.8 Å². The Bertz CT molecular complexity index is 723. The molecule has 25 heavy (non-hydrogen) atoms. The summed E-state index contributed by atoms with van der Waals surface area (Å²) >= 11 is 0. The van der Waals surface area contributed by atoms with E-state index in [4.69, 9.17) is 0 Å². The molecule has 2 aromatic rings. The number of pyridine rings is 1. The van der Waals surface area contributed by atoms with Crippen molar-refractivity contribution in [2.45, 2.75) is 53.0 Å². The van der Waals surface area contributed by atoms with Crippen molar-refractivity contribution in [2.75, 3.05) is 13.1 Å². The molecule has 0 N–H and O–H groups in total. The van der Waals surface area contributed by atoms with Crippen molar-refractivity contribution >= 4 is 5.91 Å². The van der Waals surface area contributed by atoms with Gasteiger partial charge in [0.1, 0.15) is 0 Å². The highest BCUT2D eigenvalue weighted by Crippen LogP contribution is 2.24. The van der Waals surface area contributed by atoms with Crippen LogP contribution in [0.4, 0.5) is 0 Å². The Balaban J connectivity index is 1.72. The summed E-state index contributed by atoms with van der Waals surface area (Å²) in [5, 5.41) is 4.56. The first-order valence-corrected chi connectivity index (χ1v) is 9.33. The molecule has 134 valence electrons. The summed E-state index contributed by atoms with van der Waals surface area (Å²) < 4.78 is 1.97. The van der Waals surface area contributed by atoms with E-state index in [1.807, 2.05) is 41.8 Å². The first-order chi connectivity index (χ1) is 12.1. The summed E-state index contributed by atoms with van der Waals surface area (Å²) in [5.74, 6) is 0.627. The van der Waals surface area contributed by atoms with Crippen molar-refractivity contribution in [1.82, 2.24) is 19.7 Å². The van der Waals surface area contributed by atoms with Gasteiger partial charge in [0.05, 0.1) is 11.3 Å². The van der Waals surface area contributed by atoms with Crippen LogP contribution in [-0.2, 0) is 13.0 Å². The van der Waals surface area contributed by atoms with Crippen molar-refractivity contribution in [3.05, 3.63) is 47.0 Å². The fourth-order valence-electron chi connectivity index (χ4n) is 3.82.